The Labute approximate surface area is 106 Å². The summed E-state index contributed by atoms with van der Waals surface area (Å²) >= 11 is 0. The van der Waals surface area contributed by atoms with Gasteiger partial charge in [-0.3, -0.25) is 4.79 Å². The number of rotatable bonds is 1. The molecule has 4 heteroatoms. The summed E-state index contributed by atoms with van der Waals surface area (Å²) in [6, 6.07) is 7.11. The number of carbonyl (C=O) groups is 1. The van der Waals surface area contributed by atoms with Gasteiger partial charge < -0.3 is 9.84 Å². The highest BCUT2D eigenvalue weighted by Crippen LogP contribution is 2.34. The summed E-state index contributed by atoms with van der Waals surface area (Å²) in [6.45, 7) is 1.57. The Morgan fingerprint density at radius 1 is 1.17 bits per heavy atom. The van der Waals surface area contributed by atoms with Crippen LogP contribution in [0.5, 0.6) is 5.75 Å². The summed E-state index contributed by atoms with van der Waals surface area (Å²) in [5.41, 5.74) is 0.569. The zero-order chi connectivity index (χ0) is 12.6. The number of benzene rings is 1. The van der Waals surface area contributed by atoms with Crippen LogP contribution in [0.3, 0.4) is 0 Å². The van der Waals surface area contributed by atoms with Crippen molar-refractivity contribution < 1.29 is 14.6 Å². The number of nitrogens with zero attached hydrogens (tertiary/aromatic N) is 1. The van der Waals surface area contributed by atoms with Crippen LogP contribution in [0.2, 0.25) is 0 Å². The fraction of sp³-hybridized carbons (Fsp3) is 0.500. The lowest BCUT2D eigenvalue weighted by molar-refractivity contribution is -0.247. The minimum atomic E-state index is -1.45. The number of hydrogen-bond donors (Lipinski definition) is 1. The van der Waals surface area contributed by atoms with Crippen LogP contribution in [0.4, 0.5) is 0 Å². The lowest BCUT2D eigenvalue weighted by Crippen LogP contribution is -2.57. The average molecular weight is 247 g/mol. The van der Waals surface area contributed by atoms with Gasteiger partial charge in [0.2, 0.25) is 0 Å². The molecule has 1 unspecified atom stereocenters. The summed E-state index contributed by atoms with van der Waals surface area (Å²) in [5, 5.41) is 10.6. The number of piperidine rings is 1. The third-order valence-electron chi connectivity index (χ3n) is 3.70. The van der Waals surface area contributed by atoms with Gasteiger partial charge in [-0.05, 0) is 25.0 Å². The van der Waals surface area contributed by atoms with Crippen LogP contribution < -0.4 is 4.74 Å². The Balaban J connectivity index is 1.90. The van der Waals surface area contributed by atoms with Gasteiger partial charge in [0.1, 0.15) is 5.75 Å². The van der Waals surface area contributed by atoms with E-state index in [0.29, 0.717) is 11.3 Å². The molecular formula is C14H17NO3. The molecule has 1 atom stereocenters. The van der Waals surface area contributed by atoms with Gasteiger partial charge in [-0.1, -0.05) is 18.6 Å². The summed E-state index contributed by atoms with van der Waals surface area (Å²) in [7, 11) is 0. The highest BCUT2D eigenvalue weighted by molar-refractivity contribution is 6.00. The fourth-order valence-electron chi connectivity index (χ4n) is 2.72. The van der Waals surface area contributed by atoms with Crippen LogP contribution in [0.15, 0.2) is 24.3 Å². The summed E-state index contributed by atoms with van der Waals surface area (Å²) in [4.78, 5) is 14.0. The van der Waals surface area contributed by atoms with Crippen LogP contribution in [0, 0.1) is 0 Å². The molecule has 3 rings (SSSR count). The maximum atomic E-state index is 12.1. The normalized spacial score (nSPS) is 28.6. The second-order valence-corrected chi connectivity index (χ2v) is 4.99. The van der Waals surface area contributed by atoms with Crippen LogP contribution >= 0.6 is 0 Å². The van der Waals surface area contributed by atoms with E-state index in [-0.39, 0.29) is 12.2 Å². The lowest BCUT2D eigenvalue weighted by atomic mass is 10.00. The largest absolute Gasteiger partial charge is 0.448 e. The smallest absolute Gasteiger partial charge is 0.278 e. The van der Waals surface area contributed by atoms with E-state index in [1.807, 2.05) is 17.0 Å². The molecular weight excluding hydrogens is 230 g/mol. The summed E-state index contributed by atoms with van der Waals surface area (Å²) in [5.74, 6) is -1.02. The first-order valence-corrected chi connectivity index (χ1v) is 6.48. The molecule has 0 bridgehead atoms. The maximum absolute atomic E-state index is 12.1. The van der Waals surface area contributed by atoms with Gasteiger partial charge in [-0.25, -0.2) is 4.90 Å². The highest BCUT2D eigenvalue weighted by atomic mass is 16.7. The van der Waals surface area contributed by atoms with E-state index in [1.165, 1.54) is 6.42 Å². The van der Waals surface area contributed by atoms with Gasteiger partial charge in [0.05, 0.1) is 12.0 Å². The van der Waals surface area contributed by atoms with Gasteiger partial charge in [0.15, 0.2) is 5.78 Å². The van der Waals surface area contributed by atoms with Crippen molar-refractivity contribution >= 4 is 5.78 Å². The third-order valence-corrected chi connectivity index (χ3v) is 3.70. The Kier molecular flexibility index (Phi) is 2.84. The maximum Gasteiger partial charge on any atom is 0.278 e. The molecule has 4 nitrogen and oxygen atoms in total. The Morgan fingerprint density at radius 2 is 1.89 bits per heavy atom. The number of ether oxygens (including phenoxy) is 1. The van der Waals surface area contributed by atoms with Crippen LogP contribution in [-0.2, 0) is 0 Å². The number of aliphatic hydroxyl groups is 1. The topological polar surface area (TPSA) is 49.8 Å². The van der Waals surface area contributed by atoms with E-state index in [2.05, 4.69) is 0 Å². The second-order valence-electron chi connectivity index (χ2n) is 4.99. The number of hydrogen-bond acceptors (Lipinski definition) is 4. The Hall–Kier alpha value is -1.39. The predicted octanol–water partition coefficient (Wildman–Crippen LogP) is 1.78. The zero-order valence-electron chi connectivity index (χ0n) is 10.3. The van der Waals surface area contributed by atoms with Gasteiger partial charge in [0.25, 0.3) is 5.91 Å². The minimum absolute atomic E-state index is 0.0179. The van der Waals surface area contributed by atoms with Crippen molar-refractivity contribution in [1.82, 2.24) is 4.90 Å². The molecule has 2 aliphatic heterocycles. The van der Waals surface area contributed by atoms with Crippen molar-refractivity contribution in [3.63, 3.8) is 0 Å². The van der Waals surface area contributed by atoms with Crippen molar-refractivity contribution in [2.24, 2.45) is 0 Å². The summed E-state index contributed by atoms with van der Waals surface area (Å²) in [6.07, 6.45) is 3.28. The molecule has 2 aliphatic rings. The molecule has 96 valence electrons. The Morgan fingerprint density at radius 3 is 2.67 bits per heavy atom. The van der Waals surface area contributed by atoms with Gasteiger partial charge >= 0.3 is 0 Å². The van der Waals surface area contributed by atoms with Crippen molar-refractivity contribution in [1.29, 1.82) is 0 Å². The van der Waals surface area contributed by atoms with Crippen LogP contribution in [0.25, 0.3) is 0 Å². The predicted molar refractivity (Wildman–Crippen MR) is 66.4 cm³/mol. The van der Waals surface area contributed by atoms with E-state index in [4.69, 9.17) is 4.74 Å². The molecule has 1 N–H and O–H groups in total. The number of ketones is 1. The van der Waals surface area contributed by atoms with Gasteiger partial charge in [-0.15, -0.1) is 0 Å². The molecule has 1 saturated heterocycles. The van der Waals surface area contributed by atoms with E-state index < -0.39 is 5.91 Å². The molecule has 0 aliphatic carbocycles. The average Bonchev–Trinajstić information content (AvgIpc) is 2.40. The Bertz CT molecular complexity index is 468. The first-order chi connectivity index (χ1) is 8.69. The first kappa shape index (κ1) is 11.7. The quantitative estimate of drug-likeness (QED) is 0.822. The zero-order valence-corrected chi connectivity index (χ0v) is 10.3. The SMILES string of the molecule is O=C1CC(O)(N2CCCCC2)Oc2ccccc21. The number of carbonyl (C=O) groups excluding carboxylic acids is 1. The number of Topliss-reactive ketones (excluding diaryl/α,β-unsaturated/α-hetero) is 1. The first-order valence-electron chi connectivity index (χ1n) is 6.48. The molecule has 18 heavy (non-hydrogen) atoms. The third kappa shape index (κ3) is 1.91. The molecule has 1 aromatic carbocycles. The fourth-order valence-corrected chi connectivity index (χ4v) is 2.72. The standard InChI is InChI=1S/C14H17NO3/c16-12-10-14(17,15-8-4-1-5-9-15)18-13-7-3-2-6-11(12)13/h2-3,6-7,17H,1,4-5,8-10H2. The molecule has 0 radical (unpaired) electrons. The number of para-hydroxylation sites is 1. The van der Waals surface area contributed by atoms with Gasteiger partial charge in [-0.2, -0.15) is 0 Å². The molecule has 0 saturated carbocycles. The lowest BCUT2D eigenvalue weighted by Gasteiger charge is -2.43. The van der Waals surface area contributed by atoms with Crippen LogP contribution in [0.1, 0.15) is 36.0 Å². The van der Waals surface area contributed by atoms with E-state index in [0.717, 1.165) is 25.9 Å². The number of likely N-dealkylation sites (tertiary alicyclic amines) is 1. The monoisotopic (exact) mass is 247 g/mol. The van der Waals surface area contributed by atoms with E-state index in [9.17, 15) is 9.90 Å². The van der Waals surface area contributed by atoms with Crippen molar-refractivity contribution in [2.45, 2.75) is 31.6 Å². The minimum Gasteiger partial charge on any atom is -0.448 e. The summed E-state index contributed by atoms with van der Waals surface area (Å²) < 4.78 is 5.69. The molecule has 0 aromatic heterocycles. The van der Waals surface area contributed by atoms with E-state index >= 15 is 0 Å². The molecule has 2 heterocycles. The second kappa shape index (κ2) is 4.37. The van der Waals surface area contributed by atoms with Crippen molar-refractivity contribution in [3.05, 3.63) is 29.8 Å². The molecule has 1 aromatic rings. The number of fused-ring (bicyclic) bond motifs is 1. The molecule has 0 spiro atoms. The highest BCUT2D eigenvalue weighted by Gasteiger charge is 2.44. The van der Waals surface area contributed by atoms with Crippen molar-refractivity contribution in [2.75, 3.05) is 13.1 Å². The van der Waals surface area contributed by atoms with Crippen LogP contribution in [-0.4, -0.2) is 34.8 Å². The molecule has 1 fully saturated rings. The van der Waals surface area contributed by atoms with E-state index in [1.54, 1.807) is 12.1 Å². The van der Waals surface area contributed by atoms with Crippen molar-refractivity contribution in [3.8, 4) is 5.75 Å². The van der Waals surface area contributed by atoms with Gasteiger partial charge in [0, 0.05) is 13.1 Å². The molecule has 0 amide bonds.